The third kappa shape index (κ3) is 1.88. The molecule has 1 heterocycles. The van der Waals surface area contributed by atoms with Gasteiger partial charge in [-0.05, 0) is 29.8 Å². The SMILES string of the molecule is O=C1C=C/C(=C\c2ccc(F)cc2)O1. The summed E-state index contributed by atoms with van der Waals surface area (Å²) in [5, 5.41) is 0. The topological polar surface area (TPSA) is 26.3 Å². The molecular formula is C11H7FO2. The quantitative estimate of drug-likeness (QED) is 0.635. The van der Waals surface area contributed by atoms with E-state index in [4.69, 9.17) is 4.74 Å². The minimum atomic E-state index is -0.377. The van der Waals surface area contributed by atoms with E-state index in [0.29, 0.717) is 5.76 Å². The van der Waals surface area contributed by atoms with Crippen molar-refractivity contribution in [1.29, 1.82) is 0 Å². The van der Waals surface area contributed by atoms with Gasteiger partial charge in [0.05, 0.1) is 0 Å². The molecule has 0 saturated heterocycles. The summed E-state index contributed by atoms with van der Waals surface area (Å²) in [6, 6.07) is 5.93. The zero-order valence-corrected chi connectivity index (χ0v) is 7.24. The zero-order valence-electron chi connectivity index (χ0n) is 7.24. The van der Waals surface area contributed by atoms with Gasteiger partial charge in [-0.1, -0.05) is 12.1 Å². The molecule has 0 radical (unpaired) electrons. The fourth-order valence-electron chi connectivity index (χ4n) is 1.14. The zero-order chi connectivity index (χ0) is 9.97. The molecule has 1 aliphatic heterocycles. The van der Waals surface area contributed by atoms with E-state index >= 15 is 0 Å². The average molecular weight is 190 g/mol. The number of rotatable bonds is 1. The summed E-state index contributed by atoms with van der Waals surface area (Å²) in [6.07, 6.45) is 4.59. The molecule has 0 spiro atoms. The van der Waals surface area contributed by atoms with Gasteiger partial charge in [-0.3, -0.25) is 0 Å². The Labute approximate surface area is 80.3 Å². The third-order valence-electron chi connectivity index (χ3n) is 1.78. The van der Waals surface area contributed by atoms with Crippen LogP contribution in [0.15, 0.2) is 42.2 Å². The Morgan fingerprint density at radius 2 is 1.86 bits per heavy atom. The van der Waals surface area contributed by atoms with E-state index < -0.39 is 0 Å². The number of esters is 1. The lowest BCUT2D eigenvalue weighted by Gasteiger charge is -1.96. The lowest BCUT2D eigenvalue weighted by molar-refractivity contribution is -0.132. The fraction of sp³-hybridized carbons (Fsp3) is 0. The lowest BCUT2D eigenvalue weighted by Crippen LogP contribution is -1.89. The maximum Gasteiger partial charge on any atom is 0.336 e. The molecule has 0 fully saturated rings. The van der Waals surface area contributed by atoms with Gasteiger partial charge in [0.15, 0.2) is 0 Å². The third-order valence-corrected chi connectivity index (χ3v) is 1.78. The standard InChI is InChI=1S/C11H7FO2/c12-9-3-1-8(2-4-9)7-10-5-6-11(13)14-10/h1-7H/b10-7+. The van der Waals surface area contributed by atoms with Crippen LogP contribution in [0.25, 0.3) is 6.08 Å². The number of carbonyl (C=O) groups is 1. The van der Waals surface area contributed by atoms with Gasteiger partial charge in [0.1, 0.15) is 11.6 Å². The van der Waals surface area contributed by atoms with Crippen molar-refractivity contribution in [2.75, 3.05) is 0 Å². The van der Waals surface area contributed by atoms with Crippen LogP contribution in [0.2, 0.25) is 0 Å². The first kappa shape index (κ1) is 8.69. The molecule has 0 aliphatic carbocycles. The van der Waals surface area contributed by atoms with Gasteiger partial charge in [-0.2, -0.15) is 0 Å². The smallest absolute Gasteiger partial charge is 0.336 e. The molecule has 2 nitrogen and oxygen atoms in total. The van der Waals surface area contributed by atoms with Gasteiger partial charge in [0.2, 0.25) is 0 Å². The Balaban J connectivity index is 2.22. The van der Waals surface area contributed by atoms with E-state index in [9.17, 15) is 9.18 Å². The van der Waals surface area contributed by atoms with Gasteiger partial charge in [-0.15, -0.1) is 0 Å². The first-order valence-corrected chi connectivity index (χ1v) is 4.11. The lowest BCUT2D eigenvalue weighted by atomic mass is 10.2. The Hall–Kier alpha value is -1.90. The Kier molecular flexibility index (Phi) is 2.14. The molecule has 0 bridgehead atoms. The van der Waals surface area contributed by atoms with E-state index in [0.717, 1.165) is 5.56 Å². The largest absolute Gasteiger partial charge is 0.423 e. The normalized spacial score (nSPS) is 17.5. The molecule has 0 saturated carbocycles. The number of benzene rings is 1. The Morgan fingerprint density at radius 3 is 2.43 bits per heavy atom. The Bertz CT molecular complexity index is 415. The van der Waals surface area contributed by atoms with Gasteiger partial charge in [0, 0.05) is 6.08 Å². The summed E-state index contributed by atoms with van der Waals surface area (Å²) in [4.78, 5) is 10.7. The molecule has 0 aromatic heterocycles. The van der Waals surface area contributed by atoms with E-state index in [-0.39, 0.29) is 11.8 Å². The minimum absolute atomic E-state index is 0.286. The first-order chi connectivity index (χ1) is 6.74. The summed E-state index contributed by atoms with van der Waals surface area (Å²) >= 11 is 0. The van der Waals surface area contributed by atoms with Gasteiger partial charge < -0.3 is 4.74 Å². The van der Waals surface area contributed by atoms with Crippen LogP contribution < -0.4 is 0 Å². The number of ether oxygens (including phenoxy) is 1. The molecule has 14 heavy (non-hydrogen) atoms. The minimum Gasteiger partial charge on any atom is -0.423 e. The first-order valence-electron chi connectivity index (χ1n) is 4.11. The van der Waals surface area contributed by atoms with Crippen molar-refractivity contribution in [3.8, 4) is 0 Å². The van der Waals surface area contributed by atoms with Crippen LogP contribution in [0.1, 0.15) is 5.56 Å². The highest BCUT2D eigenvalue weighted by Crippen LogP contribution is 2.14. The number of hydrogen-bond donors (Lipinski definition) is 0. The predicted molar refractivity (Wildman–Crippen MR) is 49.6 cm³/mol. The molecule has 0 atom stereocenters. The molecule has 1 aliphatic rings. The molecule has 70 valence electrons. The maximum absolute atomic E-state index is 12.5. The Morgan fingerprint density at radius 1 is 1.14 bits per heavy atom. The summed E-state index contributed by atoms with van der Waals surface area (Å²) in [5.41, 5.74) is 0.792. The van der Waals surface area contributed by atoms with Crippen LogP contribution in [0.5, 0.6) is 0 Å². The summed E-state index contributed by atoms with van der Waals surface area (Å²) in [7, 11) is 0. The highest BCUT2D eigenvalue weighted by Gasteiger charge is 2.08. The predicted octanol–water partition coefficient (Wildman–Crippen LogP) is 2.28. The summed E-state index contributed by atoms with van der Waals surface area (Å²) < 4.78 is 17.4. The highest BCUT2D eigenvalue weighted by atomic mass is 19.1. The van der Waals surface area contributed by atoms with Crippen LogP contribution >= 0.6 is 0 Å². The number of hydrogen-bond acceptors (Lipinski definition) is 2. The van der Waals surface area contributed by atoms with E-state index in [1.807, 2.05) is 0 Å². The van der Waals surface area contributed by atoms with Crippen molar-refractivity contribution >= 4 is 12.0 Å². The van der Waals surface area contributed by atoms with Gasteiger partial charge in [-0.25, -0.2) is 9.18 Å². The van der Waals surface area contributed by atoms with Gasteiger partial charge >= 0.3 is 5.97 Å². The van der Waals surface area contributed by atoms with Crippen molar-refractivity contribution in [1.82, 2.24) is 0 Å². The monoisotopic (exact) mass is 190 g/mol. The second-order valence-electron chi connectivity index (χ2n) is 2.85. The highest BCUT2D eigenvalue weighted by molar-refractivity contribution is 5.87. The van der Waals surface area contributed by atoms with E-state index in [1.165, 1.54) is 18.2 Å². The number of carbonyl (C=O) groups excluding carboxylic acids is 1. The molecule has 1 aromatic carbocycles. The number of cyclic esters (lactones) is 1. The number of allylic oxidation sites excluding steroid dienone is 1. The molecule has 0 N–H and O–H groups in total. The van der Waals surface area contributed by atoms with Crippen LogP contribution in [0, 0.1) is 5.82 Å². The summed E-state index contributed by atoms with van der Waals surface area (Å²) in [6.45, 7) is 0. The molecule has 3 heteroatoms. The maximum atomic E-state index is 12.5. The van der Waals surface area contributed by atoms with Gasteiger partial charge in [0.25, 0.3) is 0 Å². The van der Waals surface area contributed by atoms with Crippen molar-refractivity contribution in [2.24, 2.45) is 0 Å². The molecule has 0 amide bonds. The number of halogens is 1. The van der Waals surface area contributed by atoms with E-state index in [2.05, 4.69) is 0 Å². The molecule has 0 unspecified atom stereocenters. The van der Waals surface area contributed by atoms with Crippen LogP contribution in [0.3, 0.4) is 0 Å². The van der Waals surface area contributed by atoms with Crippen molar-refractivity contribution in [3.63, 3.8) is 0 Å². The van der Waals surface area contributed by atoms with Crippen LogP contribution in [0.4, 0.5) is 4.39 Å². The molecular weight excluding hydrogens is 183 g/mol. The van der Waals surface area contributed by atoms with Crippen molar-refractivity contribution in [3.05, 3.63) is 53.6 Å². The van der Waals surface area contributed by atoms with Crippen LogP contribution in [-0.2, 0) is 9.53 Å². The molecule has 1 aromatic rings. The second kappa shape index (κ2) is 3.46. The van der Waals surface area contributed by atoms with E-state index in [1.54, 1.807) is 24.3 Å². The van der Waals surface area contributed by atoms with Crippen molar-refractivity contribution in [2.45, 2.75) is 0 Å². The average Bonchev–Trinajstić information content (AvgIpc) is 2.56. The van der Waals surface area contributed by atoms with Crippen LogP contribution in [-0.4, -0.2) is 5.97 Å². The van der Waals surface area contributed by atoms with Crippen molar-refractivity contribution < 1.29 is 13.9 Å². The summed E-state index contributed by atoms with van der Waals surface area (Å²) in [5.74, 6) is -0.189. The fourth-order valence-corrected chi connectivity index (χ4v) is 1.14. The second-order valence-corrected chi connectivity index (χ2v) is 2.85. The molecule has 2 rings (SSSR count).